The normalized spacial score (nSPS) is 20.6. The Hall–Kier alpha value is -0.650. The van der Waals surface area contributed by atoms with Gasteiger partial charge in [0.2, 0.25) is 0 Å². The first-order valence-corrected chi connectivity index (χ1v) is 8.71. The monoisotopic (exact) mass is 354 g/mol. The van der Waals surface area contributed by atoms with Crippen molar-refractivity contribution in [3.63, 3.8) is 0 Å². The van der Waals surface area contributed by atoms with Crippen LogP contribution in [0.15, 0.2) is 16.7 Å². The zero-order valence-electron chi connectivity index (χ0n) is 13.4. The van der Waals surface area contributed by atoms with Crippen molar-refractivity contribution in [3.8, 4) is 0 Å². The van der Waals surface area contributed by atoms with Crippen molar-refractivity contribution in [2.75, 3.05) is 38.1 Å². The SMILES string of the molecule is CCCNCc1cc(Br)cnc1N1CCCN(C)CC1C. The highest BCUT2D eigenvalue weighted by Gasteiger charge is 2.22. The molecule has 1 aromatic heterocycles. The number of hydrogen-bond donors (Lipinski definition) is 1. The van der Waals surface area contributed by atoms with Gasteiger partial charge in [0.25, 0.3) is 0 Å². The molecule has 0 bridgehead atoms. The Bertz CT molecular complexity index is 452. The zero-order chi connectivity index (χ0) is 15.2. The average molecular weight is 355 g/mol. The molecule has 1 aliphatic rings. The highest BCUT2D eigenvalue weighted by Crippen LogP contribution is 2.25. The van der Waals surface area contributed by atoms with Gasteiger partial charge in [-0.3, -0.25) is 0 Å². The zero-order valence-corrected chi connectivity index (χ0v) is 15.0. The van der Waals surface area contributed by atoms with Crippen LogP contribution in [0.5, 0.6) is 0 Å². The molecular formula is C16H27BrN4. The number of hydrogen-bond acceptors (Lipinski definition) is 4. The minimum atomic E-state index is 0.496. The summed E-state index contributed by atoms with van der Waals surface area (Å²) in [6.07, 6.45) is 4.27. The second-order valence-corrected chi connectivity index (χ2v) is 6.89. The number of halogens is 1. The molecule has 5 heteroatoms. The predicted octanol–water partition coefficient (Wildman–Crippen LogP) is 2.87. The topological polar surface area (TPSA) is 31.4 Å². The Balaban J connectivity index is 2.20. The number of anilines is 1. The Morgan fingerprint density at radius 1 is 1.43 bits per heavy atom. The quantitative estimate of drug-likeness (QED) is 0.823. The van der Waals surface area contributed by atoms with Crippen LogP contribution in [-0.4, -0.2) is 49.2 Å². The Kier molecular flexibility index (Phi) is 6.45. The average Bonchev–Trinajstić information content (AvgIpc) is 2.60. The predicted molar refractivity (Wildman–Crippen MR) is 92.9 cm³/mol. The van der Waals surface area contributed by atoms with E-state index in [2.05, 4.69) is 58.0 Å². The second kappa shape index (κ2) is 8.11. The van der Waals surface area contributed by atoms with Crippen LogP contribution in [0.25, 0.3) is 0 Å². The molecule has 0 aliphatic carbocycles. The lowest BCUT2D eigenvalue weighted by Gasteiger charge is -2.31. The first-order valence-electron chi connectivity index (χ1n) is 7.92. The smallest absolute Gasteiger partial charge is 0.133 e. The fraction of sp³-hybridized carbons (Fsp3) is 0.688. The molecule has 1 aliphatic heterocycles. The van der Waals surface area contributed by atoms with E-state index in [0.717, 1.165) is 42.9 Å². The number of likely N-dealkylation sites (N-methyl/N-ethyl adjacent to an activating group) is 1. The number of nitrogens with one attached hydrogen (secondary N) is 1. The number of rotatable bonds is 5. The molecule has 2 heterocycles. The molecule has 1 fully saturated rings. The summed E-state index contributed by atoms with van der Waals surface area (Å²) < 4.78 is 1.05. The number of pyridine rings is 1. The van der Waals surface area contributed by atoms with Crippen LogP contribution < -0.4 is 10.2 Å². The maximum absolute atomic E-state index is 4.72. The van der Waals surface area contributed by atoms with E-state index in [9.17, 15) is 0 Å². The lowest BCUT2D eigenvalue weighted by Crippen LogP contribution is -2.39. The summed E-state index contributed by atoms with van der Waals surface area (Å²) in [5.74, 6) is 1.14. The third kappa shape index (κ3) is 4.66. The van der Waals surface area contributed by atoms with E-state index in [1.807, 2.05) is 6.20 Å². The van der Waals surface area contributed by atoms with Crippen molar-refractivity contribution in [3.05, 3.63) is 22.3 Å². The van der Waals surface area contributed by atoms with E-state index in [0.29, 0.717) is 6.04 Å². The maximum Gasteiger partial charge on any atom is 0.133 e. The molecule has 0 saturated carbocycles. The number of nitrogens with zero attached hydrogens (tertiary/aromatic N) is 3. The standard InChI is InChI=1S/C16H27BrN4/c1-4-6-18-10-14-9-15(17)11-19-16(14)21-8-5-7-20(3)12-13(21)2/h9,11,13,18H,4-8,10,12H2,1-3H3. The van der Waals surface area contributed by atoms with Crippen molar-refractivity contribution < 1.29 is 0 Å². The van der Waals surface area contributed by atoms with Crippen molar-refractivity contribution in [2.24, 2.45) is 0 Å². The van der Waals surface area contributed by atoms with Gasteiger partial charge in [-0.1, -0.05) is 6.92 Å². The summed E-state index contributed by atoms with van der Waals surface area (Å²) in [7, 11) is 2.21. The van der Waals surface area contributed by atoms with Gasteiger partial charge in [-0.05, 0) is 61.9 Å². The summed E-state index contributed by atoms with van der Waals surface area (Å²) >= 11 is 3.55. The van der Waals surface area contributed by atoms with Crippen molar-refractivity contribution in [2.45, 2.75) is 39.3 Å². The molecule has 0 aromatic carbocycles. The van der Waals surface area contributed by atoms with Gasteiger partial charge in [-0.25, -0.2) is 4.98 Å². The Morgan fingerprint density at radius 3 is 3.00 bits per heavy atom. The van der Waals surface area contributed by atoms with Gasteiger partial charge >= 0.3 is 0 Å². The third-order valence-corrected chi connectivity index (χ3v) is 4.40. The summed E-state index contributed by atoms with van der Waals surface area (Å²) in [5, 5.41) is 3.50. The molecule has 1 N–H and O–H groups in total. The van der Waals surface area contributed by atoms with Crippen molar-refractivity contribution >= 4 is 21.7 Å². The Morgan fingerprint density at radius 2 is 2.24 bits per heavy atom. The molecule has 0 spiro atoms. The van der Waals surface area contributed by atoms with Crippen LogP contribution in [-0.2, 0) is 6.54 Å². The van der Waals surface area contributed by atoms with E-state index >= 15 is 0 Å². The van der Waals surface area contributed by atoms with Crippen LogP contribution in [0.2, 0.25) is 0 Å². The maximum atomic E-state index is 4.72. The lowest BCUT2D eigenvalue weighted by atomic mass is 10.2. The molecule has 2 rings (SSSR count). The van der Waals surface area contributed by atoms with Gasteiger partial charge in [0, 0.05) is 41.9 Å². The van der Waals surface area contributed by atoms with Gasteiger partial charge in [0.05, 0.1) is 0 Å². The van der Waals surface area contributed by atoms with Gasteiger partial charge in [-0.15, -0.1) is 0 Å². The van der Waals surface area contributed by atoms with E-state index in [1.54, 1.807) is 0 Å². The molecule has 21 heavy (non-hydrogen) atoms. The first kappa shape index (κ1) is 16.7. The molecule has 0 radical (unpaired) electrons. The van der Waals surface area contributed by atoms with Crippen LogP contribution in [0, 0.1) is 0 Å². The second-order valence-electron chi connectivity index (χ2n) is 5.97. The molecular weight excluding hydrogens is 328 g/mol. The molecule has 0 amide bonds. The minimum Gasteiger partial charge on any atom is -0.352 e. The highest BCUT2D eigenvalue weighted by molar-refractivity contribution is 9.10. The fourth-order valence-corrected chi connectivity index (χ4v) is 3.33. The van der Waals surface area contributed by atoms with Gasteiger partial charge in [0.15, 0.2) is 0 Å². The summed E-state index contributed by atoms with van der Waals surface area (Å²) in [6.45, 7) is 9.77. The first-order chi connectivity index (χ1) is 10.1. The summed E-state index contributed by atoms with van der Waals surface area (Å²) in [5.41, 5.74) is 1.29. The fourth-order valence-electron chi connectivity index (χ4n) is 2.95. The van der Waals surface area contributed by atoms with E-state index in [4.69, 9.17) is 4.98 Å². The molecule has 4 nitrogen and oxygen atoms in total. The van der Waals surface area contributed by atoms with Gasteiger partial charge in [-0.2, -0.15) is 0 Å². The van der Waals surface area contributed by atoms with Crippen molar-refractivity contribution in [1.82, 2.24) is 15.2 Å². The van der Waals surface area contributed by atoms with Crippen molar-refractivity contribution in [1.29, 1.82) is 0 Å². The Labute approximate surface area is 137 Å². The van der Waals surface area contributed by atoms with Crippen LogP contribution >= 0.6 is 15.9 Å². The van der Waals surface area contributed by atoms with E-state index < -0.39 is 0 Å². The third-order valence-electron chi connectivity index (χ3n) is 3.97. The largest absolute Gasteiger partial charge is 0.352 e. The highest BCUT2D eigenvalue weighted by atomic mass is 79.9. The molecule has 118 valence electrons. The molecule has 1 saturated heterocycles. The molecule has 1 unspecified atom stereocenters. The molecule has 1 aromatic rings. The summed E-state index contributed by atoms with van der Waals surface area (Å²) in [4.78, 5) is 9.60. The van der Waals surface area contributed by atoms with Gasteiger partial charge in [0.1, 0.15) is 5.82 Å². The minimum absolute atomic E-state index is 0.496. The molecule has 1 atom stereocenters. The summed E-state index contributed by atoms with van der Waals surface area (Å²) in [6, 6.07) is 2.70. The van der Waals surface area contributed by atoms with Gasteiger partial charge < -0.3 is 15.1 Å². The van der Waals surface area contributed by atoms with Crippen LogP contribution in [0.3, 0.4) is 0 Å². The van der Waals surface area contributed by atoms with Crippen LogP contribution in [0.1, 0.15) is 32.3 Å². The van der Waals surface area contributed by atoms with E-state index in [1.165, 1.54) is 18.5 Å². The number of aromatic nitrogens is 1. The van der Waals surface area contributed by atoms with E-state index in [-0.39, 0.29) is 0 Å². The van der Waals surface area contributed by atoms with Crippen LogP contribution in [0.4, 0.5) is 5.82 Å². The lowest BCUT2D eigenvalue weighted by molar-refractivity contribution is 0.337.